The molecule has 0 atom stereocenters. The van der Waals surface area contributed by atoms with Crippen molar-refractivity contribution < 1.29 is 9.18 Å². The summed E-state index contributed by atoms with van der Waals surface area (Å²) in [5, 5.41) is 10.6. The molecule has 0 bridgehead atoms. The summed E-state index contributed by atoms with van der Waals surface area (Å²) in [6, 6.07) is 2.86. The van der Waals surface area contributed by atoms with Gasteiger partial charge in [0.1, 0.15) is 11.0 Å². The van der Waals surface area contributed by atoms with Gasteiger partial charge in [0.2, 0.25) is 0 Å². The molecule has 0 aliphatic rings. The maximum Gasteiger partial charge on any atom is 0.254 e. The van der Waals surface area contributed by atoms with Gasteiger partial charge in [-0.05, 0) is 6.07 Å². The van der Waals surface area contributed by atoms with Gasteiger partial charge in [-0.1, -0.05) is 11.6 Å². The van der Waals surface area contributed by atoms with Crippen molar-refractivity contribution in [1.82, 2.24) is 10.3 Å². The average Bonchev–Trinajstić information content (AvgIpc) is 2.22. The molecule has 1 aromatic heterocycles. The van der Waals surface area contributed by atoms with Gasteiger partial charge in [-0.3, -0.25) is 4.79 Å². The quantitative estimate of drug-likeness (QED) is 0.629. The van der Waals surface area contributed by atoms with Crippen LogP contribution >= 0.6 is 11.6 Å². The molecule has 1 amide bonds. The van der Waals surface area contributed by atoms with Crippen molar-refractivity contribution in [3.05, 3.63) is 28.8 Å². The molecule has 0 unspecified atom stereocenters. The summed E-state index contributed by atoms with van der Waals surface area (Å²) in [5.74, 6) is -1.17. The van der Waals surface area contributed by atoms with E-state index in [2.05, 4.69) is 10.3 Å². The molecule has 78 valence electrons. The molecule has 1 N–H and O–H groups in total. The van der Waals surface area contributed by atoms with Crippen LogP contribution in [0.25, 0.3) is 0 Å². The van der Waals surface area contributed by atoms with E-state index in [1.54, 1.807) is 0 Å². The van der Waals surface area contributed by atoms with E-state index >= 15 is 0 Å². The van der Waals surface area contributed by atoms with E-state index < -0.39 is 11.7 Å². The molecule has 0 aromatic carbocycles. The van der Waals surface area contributed by atoms with Gasteiger partial charge in [-0.15, -0.1) is 0 Å². The SMILES string of the molecule is N#CCCNC(=O)c1cc(F)cnc1Cl. The highest BCUT2D eigenvalue weighted by Gasteiger charge is 2.11. The third-order valence-electron chi connectivity index (χ3n) is 1.57. The number of carbonyl (C=O) groups is 1. The molecule has 6 heteroatoms. The minimum atomic E-state index is -0.634. The zero-order chi connectivity index (χ0) is 11.3. The normalized spacial score (nSPS) is 9.40. The first kappa shape index (κ1) is 11.4. The van der Waals surface area contributed by atoms with Gasteiger partial charge in [0.25, 0.3) is 5.91 Å². The maximum absolute atomic E-state index is 12.7. The minimum Gasteiger partial charge on any atom is -0.351 e. The molecule has 0 fully saturated rings. The van der Waals surface area contributed by atoms with Crippen LogP contribution in [-0.4, -0.2) is 17.4 Å². The summed E-state index contributed by atoms with van der Waals surface area (Å²) >= 11 is 5.60. The van der Waals surface area contributed by atoms with E-state index in [1.165, 1.54) is 0 Å². The number of rotatable bonds is 3. The Morgan fingerprint density at radius 1 is 1.73 bits per heavy atom. The van der Waals surface area contributed by atoms with Crippen molar-refractivity contribution in [2.75, 3.05) is 6.54 Å². The number of halogens is 2. The predicted molar refractivity (Wildman–Crippen MR) is 51.8 cm³/mol. The fraction of sp³-hybridized carbons (Fsp3) is 0.222. The van der Waals surface area contributed by atoms with Gasteiger partial charge in [0.15, 0.2) is 0 Å². The molecule has 15 heavy (non-hydrogen) atoms. The van der Waals surface area contributed by atoms with Gasteiger partial charge in [-0.2, -0.15) is 5.26 Å². The van der Waals surface area contributed by atoms with Gasteiger partial charge in [0.05, 0.1) is 24.3 Å². The van der Waals surface area contributed by atoms with Crippen LogP contribution in [-0.2, 0) is 0 Å². The van der Waals surface area contributed by atoms with E-state index in [4.69, 9.17) is 16.9 Å². The molecule has 1 aromatic rings. The first-order valence-electron chi connectivity index (χ1n) is 4.11. The van der Waals surface area contributed by atoms with Crippen molar-refractivity contribution in [3.8, 4) is 6.07 Å². The van der Waals surface area contributed by atoms with Crippen molar-refractivity contribution in [2.45, 2.75) is 6.42 Å². The van der Waals surface area contributed by atoms with Gasteiger partial charge in [0, 0.05) is 6.54 Å². The van der Waals surface area contributed by atoms with E-state index in [0.29, 0.717) is 0 Å². The first-order valence-corrected chi connectivity index (χ1v) is 4.49. The van der Waals surface area contributed by atoms with E-state index in [1.807, 2.05) is 6.07 Å². The molecule has 4 nitrogen and oxygen atoms in total. The van der Waals surface area contributed by atoms with Crippen LogP contribution in [0, 0.1) is 17.1 Å². The third-order valence-corrected chi connectivity index (χ3v) is 1.87. The molecule has 0 saturated heterocycles. The molecular weight excluding hydrogens is 221 g/mol. The van der Waals surface area contributed by atoms with E-state index in [9.17, 15) is 9.18 Å². The lowest BCUT2D eigenvalue weighted by molar-refractivity contribution is 0.0954. The number of nitrogens with zero attached hydrogens (tertiary/aromatic N) is 2. The highest BCUT2D eigenvalue weighted by molar-refractivity contribution is 6.32. The van der Waals surface area contributed by atoms with Crippen molar-refractivity contribution in [3.63, 3.8) is 0 Å². The number of aromatic nitrogens is 1. The Balaban J connectivity index is 2.73. The second kappa shape index (κ2) is 5.27. The largest absolute Gasteiger partial charge is 0.351 e. The van der Waals surface area contributed by atoms with Crippen molar-refractivity contribution >= 4 is 17.5 Å². The Morgan fingerprint density at radius 3 is 3.13 bits per heavy atom. The van der Waals surface area contributed by atoms with Crippen molar-refractivity contribution in [2.24, 2.45) is 0 Å². The van der Waals surface area contributed by atoms with Crippen LogP contribution in [0.2, 0.25) is 5.15 Å². The number of nitriles is 1. The second-order valence-electron chi connectivity index (χ2n) is 2.66. The molecule has 0 spiro atoms. The topological polar surface area (TPSA) is 65.8 Å². The standard InChI is InChI=1S/C9H7ClFN3O/c10-8-7(4-6(11)5-14-8)9(15)13-3-1-2-12/h4-5H,1,3H2,(H,13,15). The van der Waals surface area contributed by atoms with Crippen LogP contribution in [0.4, 0.5) is 4.39 Å². The fourth-order valence-corrected chi connectivity index (χ4v) is 1.10. The second-order valence-corrected chi connectivity index (χ2v) is 3.01. The third kappa shape index (κ3) is 3.18. The van der Waals surface area contributed by atoms with Crippen molar-refractivity contribution in [1.29, 1.82) is 5.26 Å². The lowest BCUT2D eigenvalue weighted by Crippen LogP contribution is -2.24. The Morgan fingerprint density at radius 2 is 2.47 bits per heavy atom. The number of hydrogen-bond acceptors (Lipinski definition) is 3. The summed E-state index contributed by atoms with van der Waals surface area (Å²) < 4.78 is 12.7. The Hall–Kier alpha value is -1.67. The van der Waals surface area contributed by atoms with Crippen LogP contribution in [0.3, 0.4) is 0 Å². The molecule has 1 rings (SSSR count). The molecule has 1 heterocycles. The van der Waals surface area contributed by atoms with Gasteiger partial charge < -0.3 is 5.32 Å². The summed E-state index contributed by atoms with van der Waals surface area (Å²) in [6.45, 7) is 0.197. The lowest BCUT2D eigenvalue weighted by Gasteiger charge is -2.03. The molecule has 0 saturated carbocycles. The van der Waals surface area contributed by atoms with Crippen LogP contribution < -0.4 is 5.32 Å². The van der Waals surface area contributed by atoms with Crippen LogP contribution in [0.1, 0.15) is 16.8 Å². The number of carbonyl (C=O) groups excluding carboxylic acids is 1. The maximum atomic E-state index is 12.7. The molecular formula is C9H7ClFN3O. The summed E-state index contributed by atoms with van der Waals surface area (Å²) in [7, 11) is 0. The summed E-state index contributed by atoms with van der Waals surface area (Å²) in [6.07, 6.45) is 1.11. The fourth-order valence-electron chi connectivity index (χ4n) is 0.909. The molecule has 0 radical (unpaired) electrons. The highest BCUT2D eigenvalue weighted by Crippen LogP contribution is 2.13. The summed E-state index contributed by atoms with van der Waals surface area (Å²) in [5.41, 5.74) is -0.0328. The number of amides is 1. The minimum absolute atomic E-state index is 0.0328. The Labute approximate surface area is 90.7 Å². The van der Waals surface area contributed by atoms with Gasteiger partial charge >= 0.3 is 0 Å². The number of pyridine rings is 1. The van der Waals surface area contributed by atoms with Gasteiger partial charge in [-0.25, -0.2) is 9.37 Å². The number of hydrogen-bond donors (Lipinski definition) is 1. The Bertz CT molecular complexity index is 416. The Kier molecular flexibility index (Phi) is 4.01. The highest BCUT2D eigenvalue weighted by atomic mass is 35.5. The van der Waals surface area contributed by atoms with Crippen LogP contribution in [0.15, 0.2) is 12.3 Å². The van der Waals surface area contributed by atoms with E-state index in [0.717, 1.165) is 12.3 Å². The van der Waals surface area contributed by atoms with E-state index in [-0.39, 0.29) is 23.7 Å². The lowest BCUT2D eigenvalue weighted by atomic mass is 10.2. The van der Waals surface area contributed by atoms with Crippen LogP contribution in [0.5, 0.6) is 0 Å². The predicted octanol–water partition coefficient (Wildman–Crippen LogP) is 1.52. The zero-order valence-corrected chi connectivity index (χ0v) is 8.38. The molecule has 0 aliphatic heterocycles. The zero-order valence-electron chi connectivity index (χ0n) is 7.63. The summed E-state index contributed by atoms with van der Waals surface area (Å²) in [4.78, 5) is 14.9. The number of nitrogens with one attached hydrogen (secondary N) is 1. The average molecular weight is 228 g/mol. The smallest absolute Gasteiger partial charge is 0.254 e. The molecule has 0 aliphatic carbocycles. The monoisotopic (exact) mass is 227 g/mol. The first-order chi connectivity index (χ1) is 7.15.